The quantitative estimate of drug-likeness (QED) is 0.393. The zero-order chi connectivity index (χ0) is 19.0. The van der Waals surface area contributed by atoms with Crippen molar-refractivity contribution in [1.82, 2.24) is 10.2 Å². The molecule has 4 N–H and O–H groups in total. The van der Waals surface area contributed by atoms with E-state index in [-0.39, 0.29) is 11.4 Å². The summed E-state index contributed by atoms with van der Waals surface area (Å²) in [6.07, 6.45) is 2.33. The van der Waals surface area contributed by atoms with E-state index in [1.165, 1.54) is 0 Å². The first-order valence-corrected chi connectivity index (χ1v) is 8.59. The van der Waals surface area contributed by atoms with E-state index in [0.717, 1.165) is 27.7 Å². The van der Waals surface area contributed by atoms with Crippen LogP contribution < -0.4 is 21.5 Å². The molecule has 136 valence electrons. The molecular weight excluding hydrogens is 344 g/mol. The number of aromatic amines is 1. The maximum absolute atomic E-state index is 12.0. The first kappa shape index (κ1) is 16.8. The van der Waals surface area contributed by atoms with Crippen LogP contribution in [0, 0.1) is 6.92 Å². The second-order valence-electron chi connectivity index (χ2n) is 6.51. The molecule has 0 saturated carbocycles. The molecule has 3 aromatic carbocycles. The topological polar surface area (TPSA) is 107 Å². The number of nitrogens with zero attached hydrogens (tertiary/aromatic N) is 1. The fourth-order valence-electron chi connectivity index (χ4n) is 3.18. The van der Waals surface area contributed by atoms with Gasteiger partial charge in [0.2, 0.25) is 0 Å². The van der Waals surface area contributed by atoms with E-state index in [4.69, 9.17) is 0 Å². The summed E-state index contributed by atoms with van der Waals surface area (Å²) < 4.78 is 0. The van der Waals surface area contributed by atoms with E-state index in [9.17, 15) is 14.7 Å². The van der Waals surface area contributed by atoms with Crippen molar-refractivity contribution in [2.24, 2.45) is 0 Å². The minimum atomic E-state index is -0.528. The van der Waals surface area contributed by atoms with Gasteiger partial charge in [-0.1, -0.05) is 12.1 Å². The number of phenolic OH excluding ortho intramolecular Hbond substituents is 1. The van der Waals surface area contributed by atoms with Gasteiger partial charge >= 0.3 is 0 Å². The summed E-state index contributed by atoms with van der Waals surface area (Å²) in [6.45, 7) is 2.42. The maximum atomic E-state index is 12.0. The predicted molar refractivity (Wildman–Crippen MR) is 106 cm³/mol. The smallest absolute Gasteiger partial charge is 0.253 e. The van der Waals surface area contributed by atoms with Crippen molar-refractivity contribution in [3.63, 3.8) is 0 Å². The van der Waals surface area contributed by atoms with Gasteiger partial charge in [-0.2, -0.15) is 5.10 Å². The van der Waals surface area contributed by atoms with E-state index in [2.05, 4.69) is 20.8 Å². The molecule has 0 fully saturated rings. The summed E-state index contributed by atoms with van der Waals surface area (Å²) in [4.78, 5) is 23.9. The van der Waals surface area contributed by atoms with Gasteiger partial charge in [0.05, 0.1) is 11.7 Å². The Morgan fingerprint density at radius 3 is 2.74 bits per heavy atom. The SMILES string of the molecule is Cc1cc(Nc2c(NCCc3cccc(O)c3)c(=O)c2=O)cc2cn[nH]c12. The van der Waals surface area contributed by atoms with Gasteiger partial charge < -0.3 is 15.7 Å². The molecule has 0 bridgehead atoms. The van der Waals surface area contributed by atoms with Crippen molar-refractivity contribution in [2.45, 2.75) is 13.3 Å². The Balaban J connectivity index is 1.50. The van der Waals surface area contributed by atoms with Crippen molar-refractivity contribution < 1.29 is 5.11 Å². The number of aromatic nitrogens is 2. The Labute approximate surface area is 154 Å². The Hall–Kier alpha value is -3.61. The van der Waals surface area contributed by atoms with Gasteiger partial charge in [-0.15, -0.1) is 0 Å². The summed E-state index contributed by atoms with van der Waals surface area (Å²) in [5.74, 6) is 0.203. The number of hydrogen-bond donors (Lipinski definition) is 4. The highest BCUT2D eigenvalue weighted by Crippen LogP contribution is 2.26. The third kappa shape index (κ3) is 3.15. The first-order valence-electron chi connectivity index (χ1n) is 8.59. The monoisotopic (exact) mass is 362 g/mol. The summed E-state index contributed by atoms with van der Waals surface area (Å²) in [5.41, 5.74) is 3.12. The highest BCUT2D eigenvalue weighted by molar-refractivity contribution is 5.87. The number of H-pyrrole nitrogens is 1. The molecule has 0 radical (unpaired) electrons. The van der Waals surface area contributed by atoms with Crippen molar-refractivity contribution in [2.75, 3.05) is 17.2 Å². The minimum absolute atomic E-state index is 0.203. The number of aromatic hydroxyl groups is 1. The molecule has 0 aliphatic carbocycles. The molecule has 4 rings (SSSR count). The molecule has 0 amide bonds. The molecule has 0 atom stereocenters. The van der Waals surface area contributed by atoms with Crippen LogP contribution in [0.1, 0.15) is 11.1 Å². The lowest BCUT2D eigenvalue weighted by Gasteiger charge is -2.15. The van der Waals surface area contributed by atoms with Crippen molar-refractivity contribution in [3.05, 3.63) is 74.2 Å². The number of phenols is 1. The lowest BCUT2D eigenvalue weighted by atomic mass is 10.1. The van der Waals surface area contributed by atoms with Gasteiger partial charge in [0, 0.05) is 17.6 Å². The van der Waals surface area contributed by atoms with E-state index < -0.39 is 10.9 Å². The van der Waals surface area contributed by atoms with E-state index in [1.54, 1.807) is 24.4 Å². The highest BCUT2D eigenvalue weighted by atomic mass is 16.3. The summed E-state index contributed by atoms with van der Waals surface area (Å²) in [6, 6.07) is 10.7. The normalized spacial score (nSPS) is 11.1. The second kappa shape index (κ2) is 6.60. The molecular formula is C20H18N4O3. The first-order chi connectivity index (χ1) is 13.0. The average Bonchev–Trinajstić information content (AvgIpc) is 3.13. The van der Waals surface area contributed by atoms with Crippen LogP contribution >= 0.6 is 0 Å². The molecule has 0 spiro atoms. The summed E-state index contributed by atoms with van der Waals surface area (Å²) >= 11 is 0. The molecule has 0 saturated heterocycles. The Morgan fingerprint density at radius 1 is 1.11 bits per heavy atom. The number of hydrogen-bond acceptors (Lipinski definition) is 6. The zero-order valence-electron chi connectivity index (χ0n) is 14.7. The number of rotatable bonds is 6. The fraction of sp³-hybridized carbons (Fsp3) is 0.150. The molecule has 1 heterocycles. The highest BCUT2D eigenvalue weighted by Gasteiger charge is 2.21. The number of fused-ring (bicyclic) bond motifs is 1. The van der Waals surface area contributed by atoms with Crippen LogP contribution in [0.2, 0.25) is 0 Å². The number of anilines is 3. The van der Waals surface area contributed by atoms with Crippen LogP contribution in [0.5, 0.6) is 5.75 Å². The van der Waals surface area contributed by atoms with E-state index in [0.29, 0.717) is 18.7 Å². The van der Waals surface area contributed by atoms with Gasteiger partial charge in [-0.3, -0.25) is 14.7 Å². The molecule has 0 aliphatic rings. The standard InChI is InChI=1S/C20H18N4O3/c1-11-7-14(9-13-10-22-24-16(11)13)23-18-17(19(26)20(18)27)21-6-5-12-3-2-4-15(25)8-12/h2-4,7-10,21,23,25H,5-6H2,1H3,(H,22,24). The Bertz CT molecular complexity index is 1200. The third-order valence-electron chi connectivity index (χ3n) is 4.55. The van der Waals surface area contributed by atoms with Crippen molar-refractivity contribution in [1.29, 1.82) is 0 Å². The molecule has 7 heteroatoms. The molecule has 7 nitrogen and oxygen atoms in total. The lowest BCUT2D eigenvalue weighted by molar-refractivity contribution is 0.474. The second-order valence-corrected chi connectivity index (χ2v) is 6.51. The molecule has 4 aromatic rings. The van der Waals surface area contributed by atoms with Crippen molar-refractivity contribution in [3.8, 4) is 5.75 Å². The molecule has 0 unspecified atom stereocenters. The molecule has 1 aromatic heterocycles. The van der Waals surface area contributed by atoms with Gasteiger partial charge in [-0.25, -0.2) is 0 Å². The molecule has 0 aliphatic heterocycles. The average molecular weight is 362 g/mol. The van der Waals surface area contributed by atoms with Gasteiger partial charge in [0.1, 0.15) is 17.1 Å². The number of benzene rings is 2. The van der Waals surface area contributed by atoms with Gasteiger partial charge in [-0.05, 0) is 48.7 Å². The number of nitrogens with one attached hydrogen (secondary N) is 3. The van der Waals surface area contributed by atoms with Crippen LogP contribution in [0.4, 0.5) is 17.1 Å². The predicted octanol–water partition coefficient (Wildman–Crippen LogP) is 2.57. The van der Waals surface area contributed by atoms with Gasteiger partial charge in [0.15, 0.2) is 0 Å². The maximum Gasteiger partial charge on any atom is 0.253 e. The summed E-state index contributed by atoms with van der Waals surface area (Å²) in [7, 11) is 0. The Morgan fingerprint density at radius 2 is 1.93 bits per heavy atom. The zero-order valence-corrected chi connectivity index (χ0v) is 14.7. The van der Waals surface area contributed by atoms with Crippen LogP contribution in [0.15, 0.2) is 52.2 Å². The number of aryl methyl sites for hydroxylation is 1. The van der Waals surface area contributed by atoms with E-state index in [1.807, 2.05) is 25.1 Å². The van der Waals surface area contributed by atoms with Crippen LogP contribution in [0.25, 0.3) is 10.9 Å². The van der Waals surface area contributed by atoms with Crippen molar-refractivity contribution >= 4 is 28.0 Å². The Kier molecular flexibility index (Phi) is 4.12. The van der Waals surface area contributed by atoms with Gasteiger partial charge in [0.25, 0.3) is 10.9 Å². The van der Waals surface area contributed by atoms with Crippen LogP contribution in [-0.2, 0) is 6.42 Å². The lowest BCUT2D eigenvalue weighted by Crippen LogP contribution is -2.37. The largest absolute Gasteiger partial charge is 0.508 e. The minimum Gasteiger partial charge on any atom is -0.508 e. The van der Waals surface area contributed by atoms with Crippen LogP contribution in [0.3, 0.4) is 0 Å². The van der Waals surface area contributed by atoms with Crippen LogP contribution in [-0.4, -0.2) is 21.8 Å². The van der Waals surface area contributed by atoms with E-state index >= 15 is 0 Å². The fourth-order valence-corrected chi connectivity index (χ4v) is 3.18. The summed E-state index contributed by atoms with van der Waals surface area (Å²) in [5, 5.41) is 23.5. The third-order valence-corrected chi connectivity index (χ3v) is 4.55. The molecule has 27 heavy (non-hydrogen) atoms.